The summed E-state index contributed by atoms with van der Waals surface area (Å²) in [7, 11) is 0. The van der Waals surface area contributed by atoms with E-state index >= 15 is 0 Å². The molecule has 100 valence electrons. The van der Waals surface area contributed by atoms with E-state index in [9.17, 15) is 0 Å². The van der Waals surface area contributed by atoms with Crippen LogP contribution in [0.1, 0.15) is 25.8 Å². The molecule has 3 heteroatoms. The Morgan fingerprint density at radius 1 is 1.33 bits per heavy atom. The van der Waals surface area contributed by atoms with E-state index in [0.717, 1.165) is 41.3 Å². The average molecular weight is 331 g/mol. The lowest BCUT2D eigenvalue weighted by molar-refractivity contribution is 0.556. The third-order valence-electron chi connectivity index (χ3n) is 2.56. The van der Waals surface area contributed by atoms with Crippen molar-refractivity contribution >= 4 is 27.5 Å². The van der Waals surface area contributed by atoms with Gasteiger partial charge in [0.25, 0.3) is 0 Å². The van der Waals surface area contributed by atoms with Crippen LogP contribution in [0.4, 0.5) is 0 Å². The Kier molecular flexibility index (Phi) is 7.64. The first-order valence-corrected chi connectivity index (χ1v) is 7.56. The topological polar surface area (TPSA) is 12.0 Å². The maximum absolute atomic E-state index is 6.15. The van der Waals surface area contributed by atoms with Crippen LogP contribution >= 0.6 is 27.5 Å². The molecule has 18 heavy (non-hydrogen) atoms. The van der Waals surface area contributed by atoms with Crippen LogP contribution in [0.25, 0.3) is 0 Å². The number of nitrogens with one attached hydrogen (secondary N) is 1. The molecule has 0 spiro atoms. The van der Waals surface area contributed by atoms with Gasteiger partial charge in [0, 0.05) is 9.50 Å². The summed E-state index contributed by atoms with van der Waals surface area (Å²) in [5.41, 5.74) is 1.17. The van der Waals surface area contributed by atoms with Crippen LogP contribution < -0.4 is 5.32 Å². The highest BCUT2D eigenvalue weighted by atomic mass is 79.9. The van der Waals surface area contributed by atoms with Crippen molar-refractivity contribution in [3.05, 3.63) is 45.4 Å². The predicted octanol–water partition coefficient (Wildman–Crippen LogP) is 4.84. The second-order valence-corrected chi connectivity index (χ2v) is 6.12. The van der Waals surface area contributed by atoms with E-state index in [1.807, 2.05) is 12.1 Å². The molecule has 1 nitrogen and oxygen atoms in total. The lowest BCUT2D eigenvalue weighted by Gasteiger charge is -2.05. The first-order valence-electron chi connectivity index (χ1n) is 6.39. The van der Waals surface area contributed by atoms with Crippen molar-refractivity contribution in [2.24, 2.45) is 5.92 Å². The van der Waals surface area contributed by atoms with Crippen LogP contribution in [0, 0.1) is 5.92 Å². The Morgan fingerprint density at radius 2 is 2.11 bits per heavy atom. The molecule has 1 rings (SSSR count). The number of allylic oxidation sites excluding steroid dienone is 1. The molecule has 0 unspecified atom stereocenters. The fourth-order valence-electron chi connectivity index (χ4n) is 1.59. The maximum Gasteiger partial charge on any atom is 0.0452 e. The summed E-state index contributed by atoms with van der Waals surface area (Å²) in [4.78, 5) is 0. The van der Waals surface area contributed by atoms with Crippen LogP contribution in [0.3, 0.4) is 0 Å². The minimum absolute atomic E-state index is 0.718. The summed E-state index contributed by atoms with van der Waals surface area (Å²) >= 11 is 9.56. The van der Waals surface area contributed by atoms with E-state index < -0.39 is 0 Å². The van der Waals surface area contributed by atoms with E-state index in [2.05, 4.69) is 53.3 Å². The van der Waals surface area contributed by atoms with Gasteiger partial charge in [0.15, 0.2) is 0 Å². The monoisotopic (exact) mass is 329 g/mol. The van der Waals surface area contributed by atoms with Gasteiger partial charge in [-0.15, -0.1) is 0 Å². The minimum atomic E-state index is 0.718. The summed E-state index contributed by atoms with van der Waals surface area (Å²) in [5, 5.41) is 4.24. The van der Waals surface area contributed by atoms with Gasteiger partial charge in [-0.1, -0.05) is 59.6 Å². The third kappa shape index (κ3) is 6.58. The van der Waals surface area contributed by atoms with Gasteiger partial charge in [-0.05, 0) is 49.5 Å². The van der Waals surface area contributed by atoms with Gasteiger partial charge in [0.05, 0.1) is 0 Å². The Bertz CT molecular complexity index is 388. The first-order chi connectivity index (χ1) is 8.59. The van der Waals surface area contributed by atoms with Crippen molar-refractivity contribution in [1.82, 2.24) is 5.32 Å². The highest BCUT2D eigenvalue weighted by molar-refractivity contribution is 9.10. The van der Waals surface area contributed by atoms with Crippen LogP contribution in [0.2, 0.25) is 5.02 Å². The van der Waals surface area contributed by atoms with Crippen molar-refractivity contribution < 1.29 is 0 Å². The van der Waals surface area contributed by atoms with Gasteiger partial charge in [-0.25, -0.2) is 0 Å². The standard InChI is InChI=1S/C15H21BrClN/c1-12(2)11-18-9-5-3-4-6-13-7-8-14(16)10-15(13)17/h3-4,7-8,10,12,18H,5-6,9,11H2,1-2H3/b4-3+. The molecule has 1 N–H and O–H groups in total. The normalized spacial score (nSPS) is 11.6. The van der Waals surface area contributed by atoms with Gasteiger partial charge in [0.1, 0.15) is 0 Å². The molecule has 1 aromatic carbocycles. The summed E-state index contributed by atoms with van der Waals surface area (Å²) in [6, 6.07) is 6.03. The van der Waals surface area contributed by atoms with Crippen molar-refractivity contribution in [2.75, 3.05) is 13.1 Å². The molecule has 0 aromatic heterocycles. The van der Waals surface area contributed by atoms with E-state index in [-0.39, 0.29) is 0 Å². The Balaban J connectivity index is 2.24. The quantitative estimate of drug-likeness (QED) is 0.557. The number of hydrogen-bond acceptors (Lipinski definition) is 1. The summed E-state index contributed by atoms with van der Waals surface area (Å²) < 4.78 is 1.03. The Hall–Kier alpha value is -0.310. The largest absolute Gasteiger partial charge is 0.316 e. The molecular weight excluding hydrogens is 310 g/mol. The van der Waals surface area contributed by atoms with Gasteiger partial charge < -0.3 is 5.32 Å². The lowest BCUT2D eigenvalue weighted by atomic mass is 10.1. The molecule has 0 bridgehead atoms. The van der Waals surface area contributed by atoms with E-state index in [1.54, 1.807) is 0 Å². The van der Waals surface area contributed by atoms with Gasteiger partial charge in [0.2, 0.25) is 0 Å². The molecule has 0 saturated carbocycles. The number of halogens is 2. The molecule has 0 saturated heterocycles. The fourth-order valence-corrected chi connectivity index (χ4v) is 2.34. The van der Waals surface area contributed by atoms with Crippen LogP contribution in [0.15, 0.2) is 34.8 Å². The molecular formula is C15H21BrClN. The SMILES string of the molecule is CC(C)CNCC/C=C/Cc1ccc(Br)cc1Cl. The predicted molar refractivity (Wildman–Crippen MR) is 84.3 cm³/mol. The summed E-state index contributed by atoms with van der Waals surface area (Å²) in [5.74, 6) is 0.718. The van der Waals surface area contributed by atoms with Crippen molar-refractivity contribution in [2.45, 2.75) is 26.7 Å². The van der Waals surface area contributed by atoms with E-state index in [1.165, 1.54) is 5.56 Å². The fraction of sp³-hybridized carbons (Fsp3) is 0.467. The Morgan fingerprint density at radius 3 is 2.78 bits per heavy atom. The zero-order valence-corrected chi connectivity index (χ0v) is 13.4. The molecule has 0 aliphatic rings. The van der Waals surface area contributed by atoms with Crippen LogP contribution in [0.5, 0.6) is 0 Å². The van der Waals surface area contributed by atoms with Crippen LogP contribution in [-0.2, 0) is 6.42 Å². The molecule has 0 atom stereocenters. The number of hydrogen-bond donors (Lipinski definition) is 1. The molecule has 0 amide bonds. The van der Waals surface area contributed by atoms with Crippen molar-refractivity contribution in [3.8, 4) is 0 Å². The highest BCUT2D eigenvalue weighted by Crippen LogP contribution is 2.21. The summed E-state index contributed by atoms with van der Waals surface area (Å²) in [6.45, 7) is 6.58. The van der Waals surface area contributed by atoms with Gasteiger partial charge in [-0.3, -0.25) is 0 Å². The first kappa shape index (κ1) is 15.7. The zero-order chi connectivity index (χ0) is 13.4. The highest BCUT2D eigenvalue weighted by Gasteiger charge is 1.98. The second-order valence-electron chi connectivity index (χ2n) is 4.80. The number of benzene rings is 1. The van der Waals surface area contributed by atoms with E-state index in [0.29, 0.717) is 0 Å². The molecule has 0 radical (unpaired) electrons. The van der Waals surface area contributed by atoms with Crippen molar-refractivity contribution in [3.63, 3.8) is 0 Å². The minimum Gasteiger partial charge on any atom is -0.316 e. The smallest absolute Gasteiger partial charge is 0.0452 e. The Labute approximate surface area is 124 Å². The molecule has 0 fully saturated rings. The van der Waals surface area contributed by atoms with Crippen LogP contribution in [-0.4, -0.2) is 13.1 Å². The molecule has 0 heterocycles. The average Bonchev–Trinajstić information content (AvgIpc) is 2.30. The molecule has 0 aliphatic carbocycles. The third-order valence-corrected chi connectivity index (χ3v) is 3.41. The maximum atomic E-state index is 6.15. The van der Waals surface area contributed by atoms with E-state index in [4.69, 9.17) is 11.6 Å². The van der Waals surface area contributed by atoms with Crippen molar-refractivity contribution in [1.29, 1.82) is 0 Å². The zero-order valence-electron chi connectivity index (χ0n) is 11.0. The number of rotatable bonds is 7. The summed E-state index contributed by atoms with van der Waals surface area (Å²) in [6.07, 6.45) is 6.37. The second kappa shape index (κ2) is 8.73. The molecule has 0 aliphatic heterocycles. The molecule has 1 aromatic rings. The lowest BCUT2D eigenvalue weighted by Crippen LogP contribution is -2.20. The van der Waals surface area contributed by atoms with Gasteiger partial charge in [-0.2, -0.15) is 0 Å². The van der Waals surface area contributed by atoms with Gasteiger partial charge >= 0.3 is 0 Å².